The van der Waals surface area contributed by atoms with E-state index in [4.69, 9.17) is 4.74 Å². The van der Waals surface area contributed by atoms with E-state index in [0.717, 1.165) is 67.4 Å². The molecule has 0 heterocycles. The molecule has 1 nitrogen and oxygen atoms in total. The van der Waals surface area contributed by atoms with Crippen molar-refractivity contribution in [1.29, 1.82) is 0 Å². The zero-order valence-corrected chi connectivity index (χ0v) is 26.6. The van der Waals surface area contributed by atoms with Crippen LogP contribution in [0, 0.1) is 35.2 Å². The quantitative estimate of drug-likeness (QED) is 0.148. The smallest absolute Gasteiger partial charge is 0.201 e. The SMILES string of the molecule is C/C=C/C1CCC(C2CCC(c3ccc(-c4ccc(-c5ccc(OCCCCCCC)c(F)c5F)cc4)c(F)c3)CC2)CC1. The average molecular weight is 603 g/mol. The third-order valence-corrected chi connectivity index (χ3v) is 10.2. The predicted molar refractivity (Wildman–Crippen MR) is 176 cm³/mol. The van der Waals surface area contributed by atoms with Crippen LogP contribution in [0.5, 0.6) is 5.75 Å². The van der Waals surface area contributed by atoms with Crippen LogP contribution in [0.4, 0.5) is 13.2 Å². The molecule has 0 unspecified atom stereocenters. The van der Waals surface area contributed by atoms with Gasteiger partial charge in [-0.3, -0.25) is 0 Å². The van der Waals surface area contributed by atoms with Crippen LogP contribution in [0.15, 0.2) is 66.7 Å². The van der Waals surface area contributed by atoms with E-state index < -0.39 is 11.6 Å². The Bertz CT molecular complexity index is 1360. The van der Waals surface area contributed by atoms with Gasteiger partial charge in [-0.25, -0.2) is 8.78 Å². The van der Waals surface area contributed by atoms with Gasteiger partial charge < -0.3 is 4.74 Å². The standard InChI is InChI=1S/C40H49F3O/c1-3-5-6-7-8-26-44-38-25-24-36(39(42)40(38)43)33-20-18-32(19-21-33)35-23-22-34(27-37(35)41)31-16-14-30(15-17-31)29-12-10-28(9-4-2)11-13-29/h4,9,18-25,27-31H,3,5-8,10-17,26H2,1-2H3/b9-4+. The number of allylic oxidation sites excluding steroid dienone is 2. The second-order valence-corrected chi connectivity index (χ2v) is 13.1. The molecule has 2 aliphatic rings. The molecule has 0 atom stereocenters. The average Bonchev–Trinajstić information content (AvgIpc) is 3.05. The Morgan fingerprint density at radius 2 is 1.30 bits per heavy atom. The van der Waals surface area contributed by atoms with E-state index in [0.29, 0.717) is 23.7 Å². The van der Waals surface area contributed by atoms with Crippen molar-refractivity contribution < 1.29 is 17.9 Å². The maximum Gasteiger partial charge on any atom is 0.201 e. The van der Waals surface area contributed by atoms with Crippen molar-refractivity contribution in [3.63, 3.8) is 0 Å². The molecule has 2 fully saturated rings. The first-order chi connectivity index (χ1) is 21.5. The fourth-order valence-electron chi connectivity index (χ4n) is 7.61. The Kier molecular flexibility index (Phi) is 11.6. The van der Waals surface area contributed by atoms with Crippen LogP contribution < -0.4 is 4.74 Å². The molecular weight excluding hydrogens is 553 g/mol. The van der Waals surface area contributed by atoms with Crippen LogP contribution in [0.3, 0.4) is 0 Å². The van der Waals surface area contributed by atoms with Crippen LogP contribution in [0.25, 0.3) is 22.3 Å². The Morgan fingerprint density at radius 1 is 0.682 bits per heavy atom. The zero-order chi connectivity index (χ0) is 30.9. The monoisotopic (exact) mass is 602 g/mol. The normalized spacial score (nSPS) is 22.4. The summed E-state index contributed by atoms with van der Waals surface area (Å²) in [4.78, 5) is 0. The molecule has 5 rings (SSSR count). The van der Waals surface area contributed by atoms with E-state index in [1.54, 1.807) is 36.4 Å². The Morgan fingerprint density at radius 3 is 1.93 bits per heavy atom. The summed E-state index contributed by atoms with van der Waals surface area (Å²) < 4.78 is 50.7. The van der Waals surface area contributed by atoms with Crippen molar-refractivity contribution in [1.82, 2.24) is 0 Å². The van der Waals surface area contributed by atoms with Gasteiger partial charge in [-0.1, -0.05) is 81.2 Å². The Labute approximate surface area is 262 Å². The van der Waals surface area contributed by atoms with Gasteiger partial charge in [0.05, 0.1) is 6.61 Å². The van der Waals surface area contributed by atoms with Gasteiger partial charge >= 0.3 is 0 Å². The molecule has 0 spiro atoms. The highest BCUT2D eigenvalue weighted by molar-refractivity contribution is 5.71. The summed E-state index contributed by atoms with van der Waals surface area (Å²) in [5, 5.41) is 0. The van der Waals surface area contributed by atoms with Crippen molar-refractivity contribution in [3.05, 3.63) is 89.8 Å². The predicted octanol–water partition coefficient (Wildman–Crippen LogP) is 12.4. The molecule has 3 aromatic carbocycles. The number of benzene rings is 3. The van der Waals surface area contributed by atoms with Crippen molar-refractivity contribution >= 4 is 0 Å². The largest absolute Gasteiger partial charge is 0.490 e. The molecule has 0 aromatic heterocycles. The number of ether oxygens (including phenoxy) is 1. The number of rotatable bonds is 12. The van der Waals surface area contributed by atoms with Gasteiger partial charge in [0.15, 0.2) is 11.6 Å². The van der Waals surface area contributed by atoms with Crippen molar-refractivity contribution in [2.75, 3.05) is 6.61 Å². The second kappa shape index (κ2) is 15.8. The molecule has 0 saturated heterocycles. The molecule has 0 amide bonds. The van der Waals surface area contributed by atoms with Gasteiger partial charge in [0.2, 0.25) is 5.82 Å². The fourth-order valence-corrected chi connectivity index (χ4v) is 7.61. The van der Waals surface area contributed by atoms with Gasteiger partial charge in [-0.05, 0) is 123 Å². The summed E-state index contributed by atoms with van der Waals surface area (Å²) in [5.41, 5.74) is 3.06. The lowest BCUT2D eigenvalue weighted by atomic mass is 9.68. The van der Waals surface area contributed by atoms with E-state index in [2.05, 4.69) is 32.1 Å². The lowest BCUT2D eigenvalue weighted by Gasteiger charge is -2.37. The van der Waals surface area contributed by atoms with E-state index in [9.17, 15) is 8.78 Å². The molecular formula is C40H49F3O. The molecule has 4 heteroatoms. The lowest BCUT2D eigenvalue weighted by Crippen LogP contribution is -2.25. The lowest BCUT2D eigenvalue weighted by molar-refractivity contribution is 0.171. The van der Waals surface area contributed by atoms with E-state index >= 15 is 4.39 Å². The number of halogens is 3. The molecule has 0 N–H and O–H groups in total. The van der Waals surface area contributed by atoms with Crippen LogP contribution in [-0.2, 0) is 0 Å². The first-order valence-corrected chi connectivity index (χ1v) is 17.1. The molecule has 0 radical (unpaired) electrons. The molecule has 3 aromatic rings. The number of unbranched alkanes of at least 4 members (excludes halogenated alkanes) is 4. The second-order valence-electron chi connectivity index (χ2n) is 13.1. The van der Waals surface area contributed by atoms with Crippen LogP contribution in [-0.4, -0.2) is 6.61 Å². The minimum absolute atomic E-state index is 0.0544. The maximum absolute atomic E-state index is 15.4. The highest BCUT2D eigenvalue weighted by Crippen LogP contribution is 2.44. The van der Waals surface area contributed by atoms with E-state index in [1.807, 2.05) is 6.07 Å². The summed E-state index contributed by atoms with van der Waals surface area (Å²) >= 11 is 0. The minimum atomic E-state index is -0.965. The number of hydrogen-bond donors (Lipinski definition) is 0. The van der Waals surface area contributed by atoms with Crippen LogP contribution in [0.1, 0.15) is 109 Å². The maximum atomic E-state index is 15.4. The summed E-state index contributed by atoms with van der Waals surface area (Å²) in [7, 11) is 0. The van der Waals surface area contributed by atoms with Crippen molar-refractivity contribution in [2.24, 2.45) is 17.8 Å². The highest BCUT2D eigenvalue weighted by Gasteiger charge is 2.31. The molecule has 236 valence electrons. The minimum Gasteiger partial charge on any atom is -0.490 e. The van der Waals surface area contributed by atoms with E-state index in [1.165, 1.54) is 51.0 Å². The summed E-state index contributed by atoms with van der Waals surface area (Å²) in [6.45, 7) is 4.65. The molecule has 2 aliphatic carbocycles. The Balaban J connectivity index is 1.17. The van der Waals surface area contributed by atoms with Gasteiger partial charge in [-0.15, -0.1) is 0 Å². The first-order valence-electron chi connectivity index (χ1n) is 17.1. The van der Waals surface area contributed by atoms with Crippen molar-refractivity contribution in [3.8, 4) is 28.0 Å². The van der Waals surface area contributed by atoms with Gasteiger partial charge in [0.25, 0.3) is 0 Å². The highest BCUT2D eigenvalue weighted by atomic mass is 19.2. The molecule has 0 bridgehead atoms. The van der Waals surface area contributed by atoms with Crippen LogP contribution >= 0.6 is 0 Å². The third kappa shape index (κ3) is 7.98. The van der Waals surface area contributed by atoms with Crippen molar-refractivity contribution in [2.45, 2.75) is 103 Å². The van der Waals surface area contributed by atoms with Gasteiger partial charge in [-0.2, -0.15) is 4.39 Å². The summed E-state index contributed by atoms with van der Waals surface area (Å²) in [5.74, 6) is 0.705. The van der Waals surface area contributed by atoms with Gasteiger partial charge in [0.1, 0.15) is 5.82 Å². The topological polar surface area (TPSA) is 9.23 Å². The van der Waals surface area contributed by atoms with Gasteiger partial charge in [0, 0.05) is 11.1 Å². The molecule has 2 saturated carbocycles. The molecule has 44 heavy (non-hydrogen) atoms. The fraction of sp³-hybridized carbons (Fsp3) is 0.500. The van der Waals surface area contributed by atoms with E-state index in [-0.39, 0.29) is 17.1 Å². The first kappa shape index (κ1) is 32.4. The summed E-state index contributed by atoms with van der Waals surface area (Å²) in [6.07, 6.45) is 20.0. The number of hydrogen-bond acceptors (Lipinski definition) is 1. The Hall–Kier alpha value is -3.01. The third-order valence-electron chi connectivity index (χ3n) is 10.2. The molecule has 0 aliphatic heterocycles. The summed E-state index contributed by atoms with van der Waals surface area (Å²) in [6, 6.07) is 15.7. The zero-order valence-electron chi connectivity index (χ0n) is 26.6. The van der Waals surface area contributed by atoms with Crippen LogP contribution in [0.2, 0.25) is 0 Å².